The molecule has 0 aliphatic heterocycles. The van der Waals surface area contributed by atoms with Gasteiger partial charge in [0.1, 0.15) is 5.52 Å². The number of imidazole rings is 1. The molecule has 0 saturated carbocycles. The van der Waals surface area contributed by atoms with Gasteiger partial charge in [-0.15, -0.1) is 0 Å². The smallest absolute Gasteiger partial charge is 0.233 e. The number of aromatic amines is 1. The Balaban J connectivity index is 1.78. The second-order valence-corrected chi connectivity index (χ2v) is 5.02. The van der Waals surface area contributed by atoms with Gasteiger partial charge in [-0.2, -0.15) is 9.97 Å². The Bertz CT molecular complexity index is 817. The number of hydrogen-bond acceptors (Lipinski definition) is 4. The van der Waals surface area contributed by atoms with Crippen molar-refractivity contribution in [3.63, 3.8) is 0 Å². The van der Waals surface area contributed by atoms with Gasteiger partial charge in [-0.05, 0) is 11.6 Å². The third-order valence-electron chi connectivity index (χ3n) is 2.80. The molecule has 3 rings (SSSR count). The first-order valence-electron chi connectivity index (χ1n) is 6.03. The number of amides is 1. The van der Waals surface area contributed by atoms with Crippen LogP contribution in [0.3, 0.4) is 0 Å². The highest BCUT2D eigenvalue weighted by atomic mass is 35.5. The highest BCUT2D eigenvalue weighted by Crippen LogP contribution is 2.19. The van der Waals surface area contributed by atoms with Gasteiger partial charge in [-0.1, -0.05) is 41.4 Å². The molecule has 21 heavy (non-hydrogen) atoms. The van der Waals surface area contributed by atoms with Gasteiger partial charge in [0, 0.05) is 5.02 Å². The predicted molar refractivity (Wildman–Crippen MR) is 80.5 cm³/mol. The van der Waals surface area contributed by atoms with Crippen LogP contribution in [0.25, 0.3) is 11.2 Å². The summed E-state index contributed by atoms with van der Waals surface area (Å²) in [5, 5.41) is 3.32. The van der Waals surface area contributed by atoms with Crippen molar-refractivity contribution >= 4 is 46.2 Å². The summed E-state index contributed by atoms with van der Waals surface area (Å²) in [6.07, 6.45) is 1.58. The van der Waals surface area contributed by atoms with Crippen molar-refractivity contribution in [3.8, 4) is 0 Å². The number of hydrogen-bond donors (Lipinski definition) is 2. The molecule has 0 atom stereocenters. The van der Waals surface area contributed by atoms with Crippen molar-refractivity contribution in [2.45, 2.75) is 6.42 Å². The van der Waals surface area contributed by atoms with Gasteiger partial charge in [-0.25, -0.2) is 4.98 Å². The zero-order chi connectivity index (χ0) is 14.8. The van der Waals surface area contributed by atoms with Crippen LogP contribution in [-0.2, 0) is 11.2 Å². The Kier molecular flexibility index (Phi) is 3.72. The minimum absolute atomic E-state index is 0.108. The Morgan fingerprint density at radius 1 is 1.24 bits per heavy atom. The van der Waals surface area contributed by atoms with E-state index in [1.54, 1.807) is 18.2 Å². The van der Waals surface area contributed by atoms with Crippen molar-refractivity contribution in [1.29, 1.82) is 0 Å². The number of carbonyl (C=O) groups is 1. The largest absolute Gasteiger partial charge is 0.341 e. The maximum Gasteiger partial charge on any atom is 0.233 e. The SMILES string of the molecule is O=C(Cc1ccccc1Cl)Nc1nc(Cl)c2[nH]cnc2n1. The van der Waals surface area contributed by atoms with Crippen molar-refractivity contribution in [2.24, 2.45) is 0 Å². The Hall–Kier alpha value is -2.18. The third-order valence-corrected chi connectivity index (χ3v) is 3.44. The second kappa shape index (κ2) is 5.67. The van der Waals surface area contributed by atoms with Gasteiger partial charge in [-0.3, -0.25) is 10.1 Å². The standard InChI is InChI=1S/C13H9Cl2N5O/c14-8-4-2-1-3-7(8)5-9(21)18-13-19-11(15)10-12(20-13)17-6-16-10/h1-4,6H,5H2,(H2,16,17,18,19,20,21). The molecule has 0 aliphatic rings. The quantitative estimate of drug-likeness (QED) is 0.726. The number of aromatic nitrogens is 4. The molecule has 2 aromatic heterocycles. The van der Waals surface area contributed by atoms with E-state index in [4.69, 9.17) is 23.2 Å². The molecule has 0 unspecified atom stereocenters. The summed E-state index contributed by atoms with van der Waals surface area (Å²) in [5.74, 6) is -0.175. The van der Waals surface area contributed by atoms with E-state index in [9.17, 15) is 4.79 Å². The maximum absolute atomic E-state index is 12.0. The Morgan fingerprint density at radius 3 is 2.86 bits per heavy atom. The van der Waals surface area contributed by atoms with Crippen molar-refractivity contribution in [2.75, 3.05) is 5.32 Å². The molecule has 0 saturated heterocycles. The van der Waals surface area contributed by atoms with E-state index in [0.717, 1.165) is 5.56 Å². The van der Waals surface area contributed by atoms with Crippen molar-refractivity contribution in [1.82, 2.24) is 19.9 Å². The van der Waals surface area contributed by atoms with Gasteiger partial charge < -0.3 is 4.98 Å². The molecule has 2 heterocycles. The summed E-state index contributed by atoms with van der Waals surface area (Å²) < 4.78 is 0. The number of nitrogens with zero attached hydrogens (tertiary/aromatic N) is 3. The maximum atomic E-state index is 12.0. The van der Waals surface area contributed by atoms with Crippen LogP contribution >= 0.6 is 23.2 Å². The fourth-order valence-electron chi connectivity index (χ4n) is 1.84. The average molecular weight is 322 g/mol. The van der Waals surface area contributed by atoms with Crippen LogP contribution in [0.4, 0.5) is 5.95 Å². The van der Waals surface area contributed by atoms with E-state index in [1.807, 2.05) is 6.07 Å². The van der Waals surface area contributed by atoms with Crippen LogP contribution in [-0.4, -0.2) is 25.8 Å². The fourth-order valence-corrected chi connectivity index (χ4v) is 2.26. The van der Waals surface area contributed by atoms with E-state index in [1.165, 1.54) is 6.33 Å². The molecule has 6 nitrogen and oxygen atoms in total. The first kappa shape index (κ1) is 13.8. The van der Waals surface area contributed by atoms with Crippen molar-refractivity contribution in [3.05, 3.63) is 46.3 Å². The van der Waals surface area contributed by atoms with Crippen molar-refractivity contribution < 1.29 is 4.79 Å². The van der Waals surface area contributed by atoms with E-state index < -0.39 is 0 Å². The number of halogens is 2. The zero-order valence-corrected chi connectivity index (χ0v) is 12.1. The fraction of sp³-hybridized carbons (Fsp3) is 0.0769. The number of carbonyl (C=O) groups excluding carboxylic acids is 1. The lowest BCUT2D eigenvalue weighted by Gasteiger charge is -2.05. The minimum atomic E-state index is -0.283. The average Bonchev–Trinajstić information content (AvgIpc) is 2.90. The molecule has 0 radical (unpaired) electrons. The van der Waals surface area contributed by atoms with E-state index in [2.05, 4.69) is 25.3 Å². The zero-order valence-electron chi connectivity index (χ0n) is 10.6. The number of fused-ring (bicyclic) bond motifs is 1. The summed E-state index contributed by atoms with van der Waals surface area (Å²) >= 11 is 12.0. The molecule has 0 aliphatic carbocycles. The summed E-state index contributed by atoms with van der Waals surface area (Å²) in [6.45, 7) is 0. The van der Waals surface area contributed by atoms with Crippen LogP contribution in [0.5, 0.6) is 0 Å². The highest BCUT2D eigenvalue weighted by Gasteiger charge is 2.12. The molecule has 2 N–H and O–H groups in total. The van der Waals surface area contributed by atoms with Crippen LogP contribution in [0.15, 0.2) is 30.6 Å². The molecular weight excluding hydrogens is 313 g/mol. The van der Waals surface area contributed by atoms with Crippen LogP contribution in [0, 0.1) is 0 Å². The molecule has 0 bridgehead atoms. The van der Waals surface area contributed by atoms with E-state index in [0.29, 0.717) is 16.2 Å². The topological polar surface area (TPSA) is 83.6 Å². The monoisotopic (exact) mass is 321 g/mol. The van der Waals surface area contributed by atoms with Gasteiger partial charge in [0.15, 0.2) is 10.8 Å². The second-order valence-electron chi connectivity index (χ2n) is 4.26. The van der Waals surface area contributed by atoms with E-state index >= 15 is 0 Å². The van der Waals surface area contributed by atoms with Crippen LogP contribution < -0.4 is 5.32 Å². The first-order valence-corrected chi connectivity index (χ1v) is 6.79. The number of benzene rings is 1. The molecular formula is C13H9Cl2N5O. The lowest BCUT2D eigenvalue weighted by Crippen LogP contribution is -2.16. The lowest BCUT2D eigenvalue weighted by atomic mass is 10.1. The minimum Gasteiger partial charge on any atom is -0.341 e. The van der Waals surface area contributed by atoms with Crippen LogP contribution in [0.2, 0.25) is 10.2 Å². The Labute approximate surface area is 129 Å². The molecule has 0 spiro atoms. The summed E-state index contributed by atoms with van der Waals surface area (Å²) in [6, 6.07) is 7.13. The molecule has 8 heteroatoms. The summed E-state index contributed by atoms with van der Waals surface area (Å²) in [4.78, 5) is 26.9. The van der Waals surface area contributed by atoms with Gasteiger partial charge in [0.2, 0.25) is 11.9 Å². The number of nitrogens with one attached hydrogen (secondary N) is 2. The van der Waals surface area contributed by atoms with E-state index in [-0.39, 0.29) is 23.4 Å². The Morgan fingerprint density at radius 2 is 2.05 bits per heavy atom. The first-order chi connectivity index (χ1) is 10.1. The molecule has 106 valence electrons. The molecule has 0 fully saturated rings. The number of rotatable bonds is 3. The van der Waals surface area contributed by atoms with Gasteiger partial charge in [0.25, 0.3) is 0 Å². The van der Waals surface area contributed by atoms with Gasteiger partial charge >= 0.3 is 0 Å². The van der Waals surface area contributed by atoms with Crippen LogP contribution in [0.1, 0.15) is 5.56 Å². The molecule has 1 aromatic carbocycles. The summed E-state index contributed by atoms with van der Waals surface area (Å²) in [5.41, 5.74) is 1.65. The lowest BCUT2D eigenvalue weighted by molar-refractivity contribution is -0.115. The number of H-pyrrole nitrogens is 1. The summed E-state index contributed by atoms with van der Waals surface area (Å²) in [7, 11) is 0. The molecule has 1 amide bonds. The normalized spacial score (nSPS) is 10.8. The highest BCUT2D eigenvalue weighted by molar-refractivity contribution is 6.33. The molecule has 3 aromatic rings. The predicted octanol–water partition coefficient (Wildman–Crippen LogP) is 2.84. The third kappa shape index (κ3) is 2.96. The number of anilines is 1. The van der Waals surface area contributed by atoms with Gasteiger partial charge in [0.05, 0.1) is 12.7 Å².